The number of imidazole rings is 2. The lowest BCUT2D eigenvalue weighted by Gasteiger charge is -2.14. The van der Waals surface area contributed by atoms with Gasteiger partial charge in [0, 0.05) is 47.4 Å². The summed E-state index contributed by atoms with van der Waals surface area (Å²) in [6, 6.07) is 18.8. The zero-order valence-electron chi connectivity index (χ0n) is 18.8. The molecular weight excluding hydrogens is 456 g/mol. The fraction of sp³-hybridized carbons (Fsp3) is 0. The molecule has 9 nitrogen and oxygen atoms in total. The van der Waals surface area contributed by atoms with E-state index < -0.39 is 11.8 Å². The number of nitrogens with zero attached hydrogens (tertiary/aromatic N) is 5. The van der Waals surface area contributed by atoms with E-state index in [0.717, 1.165) is 16.3 Å². The number of rotatable bonds is 5. The molecule has 5 aromatic rings. The van der Waals surface area contributed by atoms with E-state index in [9.17, 15) is 14.4 Å². The molecule has 0 saturated carbocycles. The molecule has 1 aliphatic heterocycles. The molecule has 36 heavy (non-hydrogen) atoms. The van der Waals surface area contributed by atoms with Gasteiger partial charge in [-0.1, -0.05) is 0 Å². The zero-order chi connectivity index (χ0) is 24.6. The van der Waals surface area contributed by atoms with Gasteiger partial charge in [0.1, 0.15) is 0 Å². The minimum atomic E-state index is -0.468. The predicted octanol–water partition coefficient (Wildman–Crippen LogP) is 4.11. The highest BCUT2D eigenvalue weighted by Gasteiger charge is 2.37. The van der Waals surface area contributed by atoms with E-state index in [-0.39, 0.29) is 22.6 Å². The molecule has 3 aromatic carbocycles. The van der Waals surface area contributed by atoms with Crippen LogP contribution in [0, 0.1) is 0 Å². The van der Waals surface area contributed by atoms with Gasteiger partial charge in [0.15, 0.2) is 0 Å². The monoisotopic (exact) mass is 474 g/mol. The van der Waals surface area contributed by atoms with Crippen molar-refractivity contribution in [2.45, 2.75) is 0 Å². The van der Waals surface area contributed by atoms with Gasteiger partial charge in [-0.2, -0.15) is 0 Å². The number of carbonyl (C=O) groups is 3. The van der Waals surface area contributed by atoms with Gasteiger partial charge in [-0.15, -0.1) is 0 Å². The highest BCUT2D eigenvalue weighted by molar-refractivity contribution is 6.34. The van der Waals surface area contributed by atoms with Crippen molar-refractivity contribution in [3.05, 3.63) is 121 Å². The largest absolute Gasteiger partial charge is 0.322 e. The van der Waals surface area contributed by atoms with Crippen LogP contribution in [0.5, 0.6) is 0 Å². The summed E-state index contributed by atoms with van der Waals surface area (Å²) in [4.78, 5) is 48.2. The molecule has 6 rings (SSSR count). The Labute approximate surface area is 205 Å². The van der Waals surface area contributed by atoms with E-state index in [1.165, 1.54) is 12.1 Å². The highest BCUT2D eigenvalue weighted by atomic mass is 16.2. The number of carbonyl (C=O) groups excluding carboxylic acids is 3. The normalized spacial score (nSPS) is 12.6. The first-order valence-corrected chi connectivity index (χ1v) is 11.1. The smallest absolute Gasteiger partial charge is 0.266 e. The topological polar surface area (TPSA) is 102 Å². The Hall–Kier alpha value is -5.31. The third kappa shape index (κ3) is 3.64. The number of hydrogen-bond donors (Lipinski definition) is 1. The molecule has 0 radical (unpaired) electrons. The second-order valence-electron chi connectivity index (χ2n) is 8.16. The van der Waals surface area contributed by atoms with E-state index in [0.29, 0.717) is 11.4 Å². The summed E-state index contributed by atoms with van der Waals surface area (Å²) >= 11 is 0. The van der Waals surface area contributed by atoms with Crippen molar-refractivity contribution in [2.75, 3.05) is 10.2 Å². The Bertz CT molecular complexity index is 1590. The maximum absolute atomic E-state index is 13.2. The Morgan fingerprint density at radius 2 is 1.22 bits per heavy atom. The quantitative estimate of drug-likeness (QED) is 0.386. The van der Waals surface area contributed by atoms with Crippen LogP contribution in [-0.2, 0) is 0 Å². The van der Waals surface area contributed by atoms with Gasteiger partial charge in [-0.05, 0) is 66.7 Å². The number of amides is 3. The minimum Gasteiger partial charge on any atom is -0.322 e. The van der Waals surface area contributed by atoms with Crippen LogP contribution in [0.3, 0.4) is 0 Å². The molecule has 0 saturated heterocycles. The van der Waals surface area contributed by atoms with Gasteiger partial charge < -0.3 is 14.5 Å². The number of aromatic nitrogens is 4. The molecule has 174 valence electrons. The van der Waals surface area contributed by atoms with Crippen molar-refractivity contribution in [2.24, 2.45) is 0 Å². The maximum atomic E-state index is 13.2. The fourth-order valence-corrected chi connectivity index (χ4v) is 4.13. The summed E-state index contributed by atoms with van der Waals surface area (Å²) in [6.45, 7) is 0. The Morgan fingerprint density at radius 3 is 1.81 bits per heavy atom. The van der Waals surface area contributed by atoms with Crippen LogP contribution in [0.2, 0.25) is 0 Å². The summed E-state index contributed by atoms with van der Waals surface area (Å²) in [5.74, 6) is -1.27. The molecule has 2 aromatic heterocycles. The summed E-state index contributed by atoms with van der Waals surface area (Å²) in [7, 11) is 0. The van der Waals surface area contributed by atoms with Gasteiger partial charge in [-0.25, -0.2) is 14.9 Å². The summed E-state index contributed by atoms with van der Waals surface area (Å²) in [6.07, 6.45) is 10.3. The molecule has 1 aliphatic rings. The van der Waals surface area contributed by atoms with E-state index >= 15 is 0 Å². The SMILES string of the molecule is O=C(Nc1ccc(-n2ccnc2)cc1)c1ccc2c(c1)C(=O)N(c1ccc(-n3ccnc3)cc1)C2=O. The van der Waals surface area contributed by atoms with E-state index in [2.05, 4.69) is 15.3 Å². The van der Waals surface area contributed by atoms with Crippen LogP contribution in [0.25, 0.3) is 11.4 Å². The molecule has 9 heteroatoms. The van der Waals surface area contributed by atoms with Crippen LogP contribution < -0.4 is 10.2 Å². The van der Waals surface area contributed by atoms with Gasteiger partial charge in [-0.3, -0.25) is 14.4 Å². The number of hydrogen-bond acceptors (Lipinski definition) is 5. The average molecular weight is 474 g/mol. The van der Waals surface area contributed by atoms with Crippen LogP contribution in [0.1, 0.15) is 31.1 Å². The standard InChI is InChI=1S/C27H18N6O3/c34-25(30-19-2-4-20(5-3-19)31-13-11-28-16-31)18-1-10-23-24(15-18)27(36)33(26(23)35)22-8-6-21(7-9-22)32-14-12-29-17-32/h1-17H,(H,30,34). The van der Waals surface area contributed by atoms with E-state index in [1.807, 2.05) is 27.5 Å². The molecule has 0 atom stereocenters. The summed E-state index contributed by atoms with van der Waals surface area (Å²) in [5.41, 5.74) is 3.56. The van der Waals surface area contributed by atoms with Crippen molar-refractivity contribution in [3.63, 3.8) is 0 Å². The first-order chi connectivity index (χ1) is 17.6. The number of anilines is 2. The molecule has 3 heterocycles. The second-order valence-corrected chi connectivity index (χ2v) is 8.16. The van der Waals surface area contributed by atoms with Crippen LogP contribution in [-0.4, -0.2) is 36.8 Å². The van der Waals surface area contributed by atoms with Crippen LogP contribution in [0.15, 0.2) is 104 Å². The van der Waals surface area contributed by atoms with Gasteiger partial charge in [0.2, 0.25) is 0 Å². The maximum Gasteiger partial charge on any atom is 0.266 e. The highest BCUT2D eigenvalue weighted by Crippen LogP contribution is 2.30. The van der Waals surface area contributed by atoms with E-state index in [1.54, 1.807) is 73.7 Å². The Balaban J connectivity index is 1.21. The van der Waals surface area contributed by atoms with Gasteiger partial charge in [0.05, 0.1) is 29.5 Å². The van der Waals surface area contributed by atoms with Crippen LogP contribution >= 0.6 is 0 Å². The lowest BCUT2D eigenvalue weighted by molar-refractivity contribution is 0.0925. The van der Waals surface area contributed by atoms with Crippen molar-refractivity contribution in [1.82, 2.24) is 19.1 Å². The molecule has 0 fully saturated rings. The van der Waals surface area contributed by atoms with Crippen LogP contribution in [0.4, 0.5) is 11.4 Å². The zero-order valence-corrected chi connectivity index (χ0v) is 18.8. The molecule has 3 amide bonds. The first kappa shape index (κ1) is 21.2. The average Bonchev–Trinajstić information content (AvgIpc) is 3.67. The molecule has 0 spiro atoms. The van der Waals surface area contributed by atoms with E-state index in [4.69, 9.17) is 0 Å². The molecule has 0 bridgehead atoms. The van der Waals surface area contributed by atoms with Crippen molar-refractivity contribution >= 4 is 29.1 Å². The summed E-state index contributed by atoms with van der Waals surface area (Å²) in [5, 5.41) is 2.83. The fourth-order valence-electron chi connectivity index (χ4n) is 4.13. The minimum absolute atomic E-state index is 0.196. The lowest BCUT2D eigenvalue weighted by atomic mass is 10.1. The predicted molar refractivity (Wildman–Crippen MR) is 133 cm³/mol. The first-order valence-electron chi connectivity index (χ1n) is 11.1. The molecule has 0 unspecified atom stereocenters. The number of fused-ring (bicyclic) bond motifs is 1. The second kappa shape index (κ2) is 8.48. The number of imide groups is 1. The summed E-state index contributed by atoms with van der Waals surface area (Å²) < 4.78 is 3.67. The van der Waals surface area contributed by atoms with Crippen molar-refractivity contribution < 1.29 is 14.4 Å². The lowest BCUT2D eigenvalue weighted by Crippen LogP contribution is -2.29. The number of benzene rings is 3. The third-order valence-electron chi connectivity index (χ3n) is 5.99. The number of nitrogens with one attached hydrogen (secondary N) is 1. The van der Waals surface area contributed by atoms with Gasteiger partial charge in [0.25, 0.3) is 17.7 Å². The van der Waals surface area contributed by atoms with Crippen molar-refractivity contribution in [1.29, 1.82) is 0 Å². The van der Waals surface area contributed by atoms with Gasteiger partial charge >= 0.3 is 0 Å². The Kier molecular flexibility index (Phi) is 5.00. The Morgan fingerprint density at radius 1 is 0.667 bits per heavy atom. The third-order valence-corrected chi connectivity index (χ3v) is 5.99. The molecule has 0 aliphatic carbocycles. The van der Waals surface area contributed by atoms with Crippen molar-refractivity contribution in [3.8, 4) is 11.4 Å². The molecular formula is C27H18N6O3. The molecule has 1 N–H and O–H groups in total.